The molecular weight excluding hydrogens is 156 g/mol. The van der Waals surface area contributed by atoms with Crippen LogP contribution in [0.2, 0.25) is 0 Å². The second kappa shape index (κ2) is 2.44. The molecule has 3 nitrogen and oxygen atoms in total. The molecule has 2 atom stereocenters. The lowest BCUT2D eigenvalue weighted by atomic mass is 9.75. The quantitative estimate of drug-likeness (QED) is 0.523. The second-order valence-corrected chi connectivity index (χ2v) is 4.63. The van der Waals surface area contributed by atoms with Crippen molar-refractivity contribution in [3.05, 3.63) is 0 Å². The normalized spacial score (nSPS) is 45.8. The van der Waals surface area contributed by atoms with Crippen molar-refractivity contribution in [3.8, 4) is 0 Å². The average Bonchev–Trinajstić information content (AvgIpc) is 2.55. The minimum absolute atomic E-state index is 0.170. The highest BCUT2D eigenvalue weighted by atomic mass is 17.5. The maximum Gasteiger partial charge on any atom is 0.141 e. The molecule has 70 valence electrons. The third-order valence-electron chi connectivity index (χ3n) is 3.65. The molecule has 0 aromatic heterocycles. The summed E-state index contributed by atoms with van der Waals surface area (Å²) < 4.78 is 0. The van der Waals surface area contributed by atoms with Crippen LogP contribution in [-0.2, 0) is 14.8 Å². The molecule has 2 aliphatic rings. The summed E-state index contributed by atoms with van der Waals surface area (Å²) >= 11 is 0. The van der Waals surface area contributed by atoms with Crippen LogP contribution in [0.15, 0.2) is 0 Å². The van der Waals surface area contributed by atoms with Crippen molar-refractivity contribution in [1.82, 2.24) is 0 Å². The third kappa shape index (κ3) is 0.873. The maximum absolute atomic E-state index is 5.31. The van der Waals surface area contributed by atoms with Gasteiger partial charge in [0.2, 0.25) is 0 Å². The van der Waals surface area contributed by atoms with Crippen LogP contribution in [0.3, 0.4) is 0 Å². The van der Waals surface area contributed by atoms with E-state index in [1.54, 1.807) is 0 Å². The molecule has 0 bridgehead atoms. The number of hydrogen-bond acceptors (Lipinski definition) is 3. The van der Waals surface area contributed by atoms with Crippen molar-refractivity contribution < 1.29 is 14.8 Å². The van der Waals surface area contributed by atoms with E-state index in [0.717, 1.165) is 0 Å². The summed E-state index contributed by atoms with van der Waals surface area (Å²) in [5, 5.41) is 4.59. The molecule has 2 unspecified atom stereocenters. The van der Waals surface area contributed by atoms with Gasteiger partial charge in [0.1, 0.15) is 12.2 Å². The highest BCUT2D eigenvalue weighted by Gasteiger charge is 2.59. The first-order chi connectivity index (χ1) is 5.58. The standard InChI is InChI=1S/C9H16O3/c1-7-4-5-8(2,3)9(7)6-10-12-11-9/h7H,4-6H2,1-3H3. The Hall–Kier alpha value is -0.120. The first-order valence-corrected chi connectivity index (χ1v) is 4.56. The summed E-state index contributed by atoms with van der Waals surface area (Å²) in [6.07, 6.45) is 2.38. The first-order valence-electron chi connectivity index (χ1n) is 4.56. The molecule has 0 amide bonds. The van der Waals surface area contributed by atoms with Crippen LogP contribution in [0.1, 0.15) is 33.6 Å². The fourth-order valence-corrected chi connectivity index (χ4v) is 2.44. The zero-order valence-electron chi connectivity index (χ0n) is 7.92. The van der Waals surface area contributed by atoms with E-state index in [0.29, 0.717) is 12.5 Å². The molecule has 12 heavy (non-hydrogen) atoms. The minimum atomic E-state index is -0.201. The molecule has 1 aliphatic carbocycles. The van der Waals surface area contributed by atoms with Gasteiger partial charge in [-0.15, -0.1) is 0 Å². The van der Waals surface area contributed by atoms with E-state index in [1.165, 1.54) is 12.8 Å². The Morgan fingerprint density at radius 1 is 1.33 bits per heavy atom. The van der Waals surface area contributed by atoms with Gasteiger partial charge in [0.05, 0.1) is 0 Å². The smallest absolute Gasteiger partial charge is 0.141 e. The van der Waals surface area contributed by atoms with Crippen molar-refractivity contribution in [3.63, 3.8) is 0 Å². The van der Waals surface area contributed by atoms with Gasteiger partial charge >= 0.3 is 0 Å². The van der Waals surface area contributed by atoms with E-state index < -0.39 is 0 Å². The topological polar surface area (TPSA) is 27.7 Å². The van der Waals surface area contributed by atoms with Crippen molar-refractivity contribution in [2.24, 2.45) is 11.3 Å². The zero-order chi connectivity index (χ0) is 8.82. The monoisotopic (exact) mass is 172 g/mol. The van der Waals surface area contributed by atoms with E-state index in [2.05, 4.69) is 25.8 Å². The molecule has 0 aromatic carbocycles. The van der Waals surface area contributed by atoms with Gasteiger partial charge in [-0.2, -0.15) is 4.89 Å². The molecule has 1 spiro atoms. The van der Waals surface area contributed by atoms with Crippen molar-refractivity contribution in [2.75, 3.05) is 6.61 Å². The van der Waals surface area contributed by atoms with Crippen LogP contribution < -0.4 is 0 Å². The second-order valence-electron chi connectivity index (χ2n) is 4.63. The molecule has 1 saturated carbocycles. The third-order valence-corrected chi connectivity index (χ3v) is 3.65. The van der Waals surface area contributed by atoms with Gasteiger partial charge in [0.15, 0.2) is 0 Å². The van der Waals surface area contributed by atoms with Gasteiger partial charge in [-0.3, -0.25) is 0 Å². The molecule has 1 heterocycles. The minimum Gasteiger partial charge on any atom is -0.203 e. The van der Waals surface area contributed by atoms with E-state index in [9.17, 15) is 0 Å². The molecule has 1 saturated heterocycles. The average molecular weight is 172 g/mol. The Bertz CT molecular complexity index is 182. The summed E-state index contributed by atoms with van der Waals surface area (Å²) in [6.45, 7) is 7.21. The van der Waals surface area contributed by atoms with E-state index in [1.807, 2.05) is 0 Å². The largest absolute Gasteiger partial charge is 0.203 e. The Balaban J connectivity index is 2.29. The Labute approximate surface area is 72.8 Å². The molecule has 1 aliphatic heterocycles. The lowest BCUT2D eigenvalue weighted by molar-refractivity contribution is -0.477. The van der Waals surface area contributed by atoms with Crippen LogP contribution in [0, 0.1) is 11.3 Å². The van der Waals surface area contributed by atoms with Crippen LogP contribution in [-0.4, -0.2) is 12.2 Å². The SMILES string of the molecule is CC1CCC(C)(C)C12COOO2. The van der Waals surface area contributed by atoms with Crippen LogP contribution in [0.4, 0.5) is 0 Å². The molecule has 3 heteroatoms. The van der Waals surface area contributed by atoms with Gasteiger partial charge in [-0.1, -0.05) is 25.8 Å². The van der Waals surface area contributed by atoms with Gasteiger partial charge in [0.25, 0.3) is 0 Å². The van der Waals surface area contributed by atoms with Crippen molar-refractivity contribution in [1.29, 1.82) is 0 Å². The van der Waals surface area contributed by atoms with Gasteiger partial charge < -0.3 is 0 Å². The zero-order valence-corrected chi connectivity index (χ0v) is 7.92. The predicted molar refractivity (Wildman–Crippen MR) is 43.0 cm³/mol. The predicted octanol–water partition coefficient (Wildman–Crippen LogP) is 2.07. The highest BCUT2D eigenvalue weighted by Crippen LogP contribution is 2.53. The lowest BCUT2D eigenvalue weighted by Gasteiger charge is -2.35. The lowest BCUT2D eigenvalue weighted by Crippen LogP contribution is -2.46. The summed E-state index contributed by atoms with van der Waals surface area (Å²) in [4.78, 5) is 10.2. The van der Waals surface area contributed by atoms with E-state index in [-0.39, 0.29) is 11.0 Å². The first kappa shape index (κ1) is 8.48. The summed E-state index contributed by atoms with van der Waals surface area (Å²) in [6, 6.07) is 0. The summed E-state index contributed by atoms with van der Waals surface area (Å²) in [5.41, 5.74) is -0.0318. The Morgan fingerprint density at radius 2 is 2.08 bits per heavy atom. The summed E-state index contributed by atoms with van der Waals surface area (Å²) in [5.74, 6) is 0.523. The fraction of sp³-hybridized carbons (Fsp3) is 1.00. The van der Waals surface area contributed by atoms with Gasteiger partial charge in [-0.25, -0.2) is 4.89 Å². The Kier molecular flexibility index (Phi) is 1.72. The molecule has 2 fully saturated rings. The number of hydrogen-bond donors (Lipinski definition) is 0. The number of rotatable bonds is 0. The summed E-state index contributed by atoms with van der Waals surface area (Å²) in [7, 11) is 0. The van der Waals surface area contributed by atoms with E-state index >= 15 is 0 Å². The fourth-order valence-electron chi connectivity index (χ4n) is 2.44. The molecule has 0 aromatic rings. The van der Waals surface area contributed by atoms with Gasteiger partial charge in [0, 0.05) is 0 Å². The van der Waals surface area contributed by atoms with Crippen molar-refractivity contribution in [2.45, 2.75) is 39.2 Å². The van der Waals surface area contributed by atoms with Crippen LogP contribution >= 0.6 is 0 Å². The molecule has 0 N–H and O–H groups in total. The Morgan fingerprint density at radius 3 is 2.50 bits per heavy atom. The highest BCUT2D eigenvalue weighted by molar-refractivity contribution is 5.04. The van der Waals surface area contributed by atoms with Crippen LogP contribution in [0.25, 0.3) is 0 Å². The maximum atomic E-state index is 5.31. The van der Waals surface area contributed by atoms with Gasteiger partial charge in [-0.05, 0) is 24.2 Å². The molecule has 2 rings (SSSR count). The molecule has 0 radical (unpaired) electrons. The molecular formula is C9H16O3. The van der Waals surface area contributed by atoms with Crippen molar-refractivity contribution >= 4 is 0 Å². The van der Waals surface area contributed by atoms with E-state index in [4.69, 9.17) is 9.78 Å². The van der Waals surface area contributed by atoms with Crippen LogP contribution in [0.5, 0.6) is 0 Å².